The van der Waals surface area contributed by atoms with Crippen molar-refractivity contribution in [2.75, 3.05) is 26.3 Å². The average molecular weight is 268 g/mol. The van der Waals surface area contributed by atoms with Crippen LogP contribution in [-0.4, -0.2) is 53.5 Å². The van der Waals surface area contributed by atoms with Crippen LogP contribution >= 0.6 is 0 Å². The van der Waals surface area contributed by atoms with Gasteiger partial charge in [0, 0.05) is 25.1 Å². The molecule has 1 fully saturated rings. The van der Waals surface area contributed by atoms with E-state index in [-0.39, 0.29) is 5.91 Å². The number of aromatic nitrogens is 1. The molecule has 2 heterocycles. The maximum Gasteiger partial charge on any atom is 0.223 e. The Bertz CT molecular complexity index is 424. The topological polar surface area (TPSA) is 75.8 Å². The molecule has 1 aliphatic rings. The van der Waals surface area contributed by atoms with Gasteiger partial charge >= 0.3 is 0 Å². The first-order valence-corrected chi connectivity index (χ1v) is 6.53. The Morgan fingerprint density at radius 2 is 2.32 bits per heavy atom. The summed E-state index contributed by atoms with van der Waals surface area (Å²) in [4.78, 5) is 13.8. The number of ether oxygens (including phenoxy) is 1. The zero-order valence-corrected chi connectivity index (χ0v) is 11.4. The molecule has 0 spiro atoms. The van der Waals surface area contributed by atoms with Crippen LogP contribution in [0, 0.1) is 13.8 Å². The van der Waals surface area contributed by atoms with E-state index in [9.17, 15) is 9.90 Å². The fraction of sp³-hybridized carbons (Fsp3) is 0.692. The van der Waals surface area contributed by atoms with E-state index in [0.717, 1.165) is 17.0 Å². The first kappa shape index (κ1) is 14.0. The second-order valence-corrected chi connectivity index (χ2v) is 4.87. The molecule has 106 valence electrons. The van der Waals surface area contributed by atoms with E-state index in [1.807, 2.05) is 13.8 Å². The van der Waals surface area contributed by atoms with Crippen LogP contribution in [0.2, 0.25) is 0 Å². The molecule has 1 aromatic rings. The highest BCUT2D eigenvalue weighted by Crippen LogP contribution is 2.15. The van der Waals surface area contributed by atoms with E-state index in [1.165, 1.54) is 0 Å². The number of aliphatic hydroxyl groups excluding tert-OH is 1. The maximum atomic E-state index is 12.1. The van der Waals surface area contributed by atoms with Crippen molar-refractivity contribution in [1.82, 2.24) is 10.1 Å². The Hall–Kier alpha value is -1.40. The Morgan fingerprint density at radius 1 is 1.53 bits per heavy atom. The lowest BCUT2D eigenvalue weighted by atomic mass is 10.1. The SMILES string of the molecule is Cc1noc(C)c1CCC(=O)N1CCOC[C@@H](O)C1. The number of hydrogen-bond donors (Lipinski definition) is 1. The highest BCUT2D eigenvalue weighted by Gasteiger charge is 2.21. The molecular weight excluding hydrogens is 248 g/mol. The number of aryl methyl sites for hydroxylation is 2. The van der Waals surface area contributed by atoms with Gasteiger partial charge in [-0.1, -0.05) is 5.16 Å². The Kier molecular flexibility index (Phi) is 4.55. The molecule has 0 bridgehead atoms. The molecule has 6 heteroatoms. The number of β-amino-alcohol motifs (C(OH)–C–C–N with tert-alkyl or cyclic N) is 1. The van der Waals surface area contributed by atoms with Gasteiger partial charge in [-0.15, -0.1) is 0 Å². The van der Waals surface area contributed by atoms with Gasteiger partial charge in [-0.2, -0.15) is 0 Å². The molecule has 0 aromatic carbocycles. The van der Waals surface area contributed by atoms with Crippen molar-refractivity contribution in [3.8, 4) is 0 Å². The van der Waals surface area contributed by atoms with Crippen molar-refractivity contribution >= 4 is 5.91 Å². The maximum absolute atomic E-state index is 12.1. The summed E-state index contributed by atoms with van der Waals surface area (Å²) in [7, 11) is 0. The van der Waals surface area contributed by atoms with Crippen LogP contribution in [0.5, 0.6) is 0 Å². The first-order valence-electron chi connectivity index (χ1n) is 6.53. The fourth-order valence-corrected chi connectivity index (χ4v) is 2.27. The summed E-state index contributed by atoms with van der Waals surface area (Å²) in [6.07, 6.45) is 0.425. The molecule has 19 heavy (non-hydrogen) atoms. The van der Waals surface area contributed by atoms with E-state index in [0.29, 0.717) is 39.1 Å². The van der Waals surface area contributed by atoms with Crippen LogP contribution in [0.3, 0.4) is 0 Å². The van der Waals surface area contributed by atoms with Crippen molar-refractivity contribution < 1.29 is 19.2 Å². The van der Waals surface area contributed by atoms with E-state index in [1.54, 1.807) is 4.90 Å². The van der Waals surface area contributed by atoms with E-state index in [4.69, 9.17) is 9.26 Å². The van der Waals surface area contributed by atoms with Crippen LogP contribution in [0.15, 0.2) is 4.52 Å². The zero-order valence-electron chi connectivity index (χ0n) is 11.4. The number of aliphatic hydroxyl groups is 1. The summed E-state index contributed by atoms with van der Waals surface area (Å²) in [5.74, 6) is 0.800. The van der Waals surface area contributed by atoms with Crippen LogP contribution in [0.25, 0.3) is 0 Å². The van der Waals surface area contributed by atoms with Crippen molar-refractivity contribution in [2.45, 2.75) is 32.8 Å². The minimum atomic E-state index is -0.592. The lowest BCUT2D eigenvalue weighted by Crippen LogP contribution is -2.37. The summed E-state index contributed by atoms with van der Waals surface area (Å²) in [6.45, 7) is 5.39. The Morgan fingerprint density at radius 3 is 3.00 bits per heavy atom. The van der Waals surface area contributed by atoms with Gasteiger partial charge in [0.1, 0.15) is 5.76 Å². The fourth-order valence-electron chi connectivity index (χ4n) is 2.27. The number of rotatable bonds is 3. The van der Waals surface area contributed by atoms with Gasteiger partial charge in [0.25, 0.3) is 0 Å². The summed E-state index contributed by atoms with van der Waals surface area (Å²) < 4.78 is 10.3. The van der Waals surface area contributed by atoms with Gasteiger partial charge in [0.05, 0.1) is 25.0 Å². The standard InChI is InChI=1S/C13H20N2O4/c1-9-12(10(2)19-14-9)3-4-13(17)15-5-6-18-8-11(16)7-15/h11,16H,3-8H2,1-2H3/t11-/m0/s1. The van der Waals surface area contributed by atoms with Crippen LogP contribution in [0.1, 0.15) is 23.4 Å². The summed E-state index contributed by atoms with van der Waals surface area (Å²) in [6, 6.07) is 0. The van der Waals surface area contributed by atoms with Crippen molar-refractivity contribution in [3.63, 3.8) is 0 Å². The van der Waals surface area contributed by atoms with E-state index < -0.39 is 6.10 Å². The molecule has 0 aliphatic carbocycles. The van der Waals surface area contributed by atoms with Crippen LogP contribution in [-0.2, 0) is 16.0 Å². The quantitative estimate of drug-likeness (QED) is 0.861. The number of hydrogen-bond acceptors (Lipinski definition) is 5. The minimum absolute atomic E-state index is 0.0320. The summed E-state index contributed by atoms with van der Waals surface area (Å²) in [5.41, 5.74) is 1.84. The van der Waals surface area contributed by atoms with E-state index >= 15 is 0 Å². The number of nitrogens with zero attached hydrogens (tertiary/aromatic N) is 2. The molecular formula is C13H20N2O4. The smallest absolute Gasteiger partial charge is 0.223 e. The van der Waals surface area contributed by atoms with Crippen molar-refractivity contribution in [1.29, 1.82) is 0 Å². The zero-order chi connectivity index (χ0) is 13.8. The predicted octanol–water partition coefficient (Wildman–Crippen LogP) is 0.444. The van der Waals surface area contributed by atoms with E-state index in [2.05, 4.69) is 5.16 Å². The summed E-state index contributed by atoms with van der Waals surface area (Å²) >= 11 is 0. The normalized spacial score (nSPS) is 20.4. The third-order valence-corrected chi connectivity index (χ3v) is 3.37. The lowest BCUT2D eigenvalue weighted by Gasteiger charge is -2.21. The van der Waals surface area contributed by atoms with Gasteiger partial charge in [0.2, 0.25) is 5.91 Å². The average Bonchev–Trinajstić information content (AvgIpc) is 2.58. The second kappa shape index (κ2) is 6.16. The second-order valence-electron chi connectivity index (χ2n) is 4.87. The number of carbonyl (C=O) groups excluding carboxylic acids is 1. The van der Waals surface area contributed by atoms with Crippen molar-refractivity contribution in [3.05, 3.63) is 17.0 Å². The molecule has 1 saturated heterocycles. The largest absolute Gasteiger partial charge is 0.389 e. The molecule has 1 aliphatic heterocycles. The van der Waals surface area contributed by atoms with Gasteiger partial charge in [-0.05, 0) is 20.3 Å². The Labute approximate surface area is 112 Å². The molecule has 1 amide bonds. The van der Waals surface area contributed by atoms with Gasteiger partial charge in [-0.25, -0.2) is 0 Å². The summed E-state index contributed by atoms with van der Waals surface area (Å²) in [5, 5.41) is 13.5. The van der Waals surface area contributed by atoms with Gasteiger partial charge < -0.3 is 19.3 Å². The van der Waals surface area contributed by atoms with Crippen LogP contribution in [0.4, 0.5) is 0 Å². The highest BCUT2D eigenvalue weighted by atomic mass is 16.5. The van der Waals surface area contributed by atoms with Crippen LogP contribution < -0.4 is 0 Å². The molecule has 1 aromatic heterocycles. The molecule has 0 radical (unpaired) electrons. The Balaban J connectivity index is 1.90. The molecule has 2 rings (SSSR count). The molecule has 1 atom stereocenters. The first-order chi connectivity index (χ1) is 9.08. The highest BCUT2D eigenvalue weighted by molar-refractivity contribution is 5.76. The van der Waals surface area contributed by atoms with Crippen molar-refractivity contribution in [2.24, 2.45) is 0 Å². The number of amides is 1. The third kappa shape index (κ3) is 3.54. The predicted molar refractivity (Wildman–Crippen MR) is 67.7 cm³/mol. The monoisotopic (exact) mass is 268 g/mol. The minimum Gasteiger partial charge on any atom is -0.389 e. The van der Waals surface area contributed by atoms with Gasteiger partial charge in [0.15, 0.2) is 0 Å². The molecule has 0 saturated carbocycles. The van der Waals surface area contributed by atoms with Gasteiger partial charge in [-0.3, -0.25) is 4.79 Å². The molecule has 6 nitrogen and oxygen atoms in total. The molecule has 0 unspecified atom stereocenters. The molecule has 1 N–H and O–H groups in total. The lowest BCUT2D eigenvalue weighted by molar-refractivity contribution is -0.132. The third-order valence-electron chi connectivity index (χ3n) is 3.37. The number of carbonyl (C=O) groups is 1.